The SMILES string of the molecule is Cc1ccc(CNc2ncccc2Br)o1. The maximum absolute atomic E-state index is 5.44. The van der Waals surface area contributed by atoms with E-state index in [1.54, 1.807) is 6.20 Å². The van der Waals surface area contributed by atoms with E-state index in [4.69, 9.17) is 4.42 Å². The molecule has 4 heteroatoms. The molecule has 0 fully saturated rings. The average Bonchev–Trinajstić information content (AvgIpc) is 2.63. The van der Waals surface area contributed by atoms with Crippen molar-refractivity contribution in [3.8, 4) is 0 Å². The van der Waals surface area contributed by atoms with Gasteiger partial charge in [0, 0.05) is 6.20 Å². The fraction of sp³-hybridized carbons (Fsp3) is 0.182. The number of hydrogen-bond donors (Lipinski definition) is 1. The van der Waals surface area contributed by atoms with Crippen LogP contribution in [0, 0.1) is 6.92 Å². The number of nitrogens with zero attached hydrogens (tertiary/aromatic N) is 1. The summed E-state index contributed by atoms with van der Waals surface area (Å²) in [6.45, 7) is 2.57. The highest BCUT2D eigenvalue weighted by molar-refractivity contribution is 9.10. The first-order chi connectivity index (χ1) is 7.25. The van der Waals surface area contributed by atoms with Gasteiger partial charge in [-0.25, -0.2) is 4.98 Å². The van der Waals surface area contributed by atoms with Gasteiger partial charge >= 0.3 is 0 Å². The van der Waals surface area contributed by atoms with E-state index in [9.17, 15) is 0 Å². The minimum Gasteiger partial charge on any atom is -0.465 e. The summed E-state index contributed by atoms with van der Waals surface area (Å²) >= 11 is 3.42. The third-order valence-electron chi connectivity index (χ3n) is 1.98. The van der Waals surface area contributed by atoms with Crippen LogP contribution in [0.15, 0.2) is 39.4 Å². The Hall–Kier alpha value is -1.29. The van der Waals surface area contributed by atoms with Crippen LogP contribution < -0.4 is 5.32 Å². The molecule has 0 radical (unpaired) electrons. The van der Waals surface area contributed by atoms with Crippen molar-refractivity contribution in [1.82, 2.24) is 4.98 Å². The molecular formula is C11H11BrN2O. The second kappa shape index (κ2) is 4.49. The molecule has 0 aliphatic carbocycles. The number of pyridine rings is 1. The van der Waals surface area contributed by atoms with Gasteiger partial charge in [-0.1, -0.05) is 0 Å². The molecule has 0 spiro atoms. The van der Waals surface area contributed by atoms with Crippen molar-refractivity contribution in [2.75, 3.05) is 5.32 Å². The number of aryl methyl sites for hydroxylation is 1. The minimum atomic E-state index is 0.642. The van der Waals surface area contributed by atoms with Crippen LogP contribution in [0.25, 0.3) is 0 Å². The maximum atomic E-state index is 5.44. The highest BCUT2D eigenvalue weighted by atomic mass is 79.9. The predicted molar refractivity (Wildman–Crippen MR) is 62.7 cm³/mol. The molecular weight excluding hydrogens is 256 g/mol. The van der Waals surface area contributed by atoms with Crippen LogP contribution in [0.5, 0.6) is 0 Å². The molecule has 0 aliphatic heterocycles. The maximum Gasteiger partial charge on any atom is 0.140 e. The van der Waals surface area contributed by atoms with Crippen LogP contribution in [-0.2, 0) is 6.54 Å². The molecule has 0 atom stereocenters. The van der Waals surface area contributed by atoms with Crippen LogP contribution in [0.2, 0.25) is 0 Å². The number of rotatable bonds is 3. The van der Waals surface area contributed by atoms with Gasteiger partial charge < -0.3 is 9.73 Å². The lowest BCUT2D eigenvalue weighted by molar-refractivity contribution is 0.490. The topological polar surface area (TPSA) is 38.1 Å². The molecule has 15 heavy (non-hydrogen) atoms. The van der Waals surface area contributed by atoms with Gasteiger partial charge in [0.25, 0.3) is 0 Å². The van der Waals surface area contributed by atoms with E-state index in [1.165, 1.54) is 0 Å². The lowest BCUT2D eigenvalue weighted by Crippen LogP contribution is -2.00. The van der Waals surface area contributed by atoms with E-state index in [2.05, 4.69) is 26.2 Å². The third-order valence-corrected chi connectivity index (χ3v) is 2.62. The summed E-state index contributed by atoms with van der Waals surface area (Å²) in [4.78, 5) is 4.20. The van der Waals surface area contributed by atoms with Gasteiger partial charge in [-0.15, -0.1) is 0 Å². The molecule has 2 aromatic heterocycles. The number of nitrogens with one attached hydrogen (secondary N) is 1. The standard InChI is InChI=1S/C11H11BrN2O/c1-8-4-5-9(15-8)7-14-11-10(12)3-2-6-13-11/h2-6H,7H2,1H3,(H,13,14). The van der Waals surface area contributed by atoms with Crippen molar-refractivity contribution >= 4 is 21.7 Å². The van der Waals surface area contributed by atoms with E-state index in [0.29, 0.717) is 6.54 Å². The third kappa shape index (κ3) is 2.59. The molecule has 0 unspecified atom stereocenters. The zero-order valence-electron chi connectivity index (χ0n) is 8.33. The molecule has 0 aromatic carbocycles. The summed E-state index contributed by atoms with van der Waals surface area (Å²) in [5, 5.41) is 3.19. The van der Waals surface area contributed by atoms with Crippen molar-refractivity contribution in [3.05, 3.63) is 46.5 Å². The van der Waals surface area contributed by atoms with E-state index in [1.807, 2.05) is 31.2 Å². The molecule has 78 valence electrons. The Balaban J connectivity index is 2.02. The zero-order valence-corrected chi connectivity index (χ0v) is 9.91. The summed E-state index contributed by atoms with van der Waals surface area (Å²) in [5.41, 5.74) is 0. The molecule has 2 heterocycles. The Labute approximate surface area is 96.6 Å². The van der Waals surface area contributed by atoms with Crippen LogP contribution in [0.3, 0.4) is 0 Å². The first kappa shape index (κ1) is 10.2. The van der Waals surface area contributed by atoms with Crippen LogP contribution in [-0.4, -0.2) is 4.98 Å². The van der Waals surface area contributed by atoms with Crippen molar-refractivity contribution in [2.45, 2.75) is 13.5 Å². The molecule has 0 saturated heterocycles. The smallest absolute Gasteiger partial charge is 0.140 e. The molecule has 0 aliphatic rings. The molecule has 0 amide bonds. The molecule has 1 N–H and O–H groups in total. The fourth-order valence-corrected chi connectivity index (χ4v) is 1.66. The van der Waals surface area contributed by atoms with Gasteiger partial charge in [-0.2, -0.15) is 0 Å². The second-order valence-electron chi connectivity index (χ2n) is 3.20. The quantitative estimate of drug-likeness (QED) is 0.926. The Morgan fingerprint density at radius 3 is 2.93 bits per heavy atom. The molecule has 0 saturated carbocycles. The summed E-state index contributed by atoms with van der Waals surface area (Å²) in [6.07, 6.45) is 1.75. The molecule has 2 rings (SSSR count). The van der Waals surface area contributed by atoms with E-state index in [-0.39, 0.29) is 0 Å². The van der Waals surface area contributed by atoms with E-state index < -0.39 is 0 Å². The van der Waals surface area contributed by atoms with Gasteiger partial charge in [0.05, 0.1) is 11.0 Å². The normalized spacial score (nSPS) is 10.3. The first-order valence-electron chi connectivity index (χ1n) is 4.65. The Morgan fingerprint density at radius 1 is 1.40 bits per heavy atom. The Kier molecular flexibility index (Phi) is 3.06. The number of hydrogen-bond acceptors (Lipinski definition) is 3. The summed E-state index contributed by atoms with van der Waals surface area (Å²) < 4.78 is 6.39. The van der Waals surface area contributed by atoms with Gasteiger partial charge in [0.2, 0.25) is 0 Å². The highest BCUT2D eigenvalue weighted by Crippen LogP contribution is 2.19. The summed E-state index contributed by atoms with van der Waals surface area (Å²) in [7, 11) is 0. The molecule has 3 nitrogen and oxygen atoms in total. The fourth-order valence-electron chi connectivity index (χ4n) is 1.27. The lowest BCUT2D eigenvalue weighted by atomic mass is 10.4. The van der Waals surface area contributed by atoms with Gasteiger partial charge in [-0.3, -0.25) is 0 Å². The van der Waals surface area contributed by atoms with Crippen molar-refractivity contribution in [1.29, 1.82) is 0 Å². The highest BCUT2D eigenvalue weighted by Gasteiger charge is 2.01. The molecule has 0 bridgehead atoms. The van der Waals surface area contributed by atoms with Gasteiger partial charge in [-0.05, 0) is 47.1 Å². The van der Waals surface area contributed by atoms with E-state index >= 15 is 0 Å². The summed E-state index contributed by atoms with van der Waals surface area (Å²) in [6, 6.07) is 7.73. The number of aromatic nitrogens is 1. The van der Waals surface area contributed by atoms with Crippen LogP contribution in [0.1, 0.15) is 11.5 Å². The number of halogens is 1. The van der Waals surface area contributed by atoms with Gasteiger partial charge in [0.15, 0.2) is 0 Å². The lowest BCUT2D eigenvalue weighted by Gasteiger charge is -2.04. The monoisotopic (exact) mass is 266 g/mol. The zero-order chi connectivity index (χ0) is 10.7. The van der Waals surface area contributed by atoms with Crippen molar-refractivity contribution < 1.29 is 4.42 Å². The Bertz CT molecular complexity index is 453. The van der Waals surface area contributed by atoms with Crippen LogP contribution >= 0.6 is 15.9 Å². The predicted octanol–water partition coefficient (Wildman–Crippen LogP) is 3.36. The van der Waals surface area contributed by atoms with Crippen molar-refractivity contribution in [3.63, 3.8) is 0 Å². The Morgan fingerprint density at radius 2 is 2.27 bits per heavy atom. The van der Waals surface area contributed by atoms with Crippen LogP contribution in [0.4, 0.5) is 5.82 Å². The first-order valence-corrected chi connectivity index (χ1v) is 5.45. The second-order valence-corrected chi connectivity index (χ2v) is 4.05. The average molecular weight is 267 g/mol. The number of furan rings is 1. The molecule has 2 aromatic rings. The summed E-state index contributed by atoms with van der Waals surface area (Å²) in [5.74, 6) is 2.66. The van der Waals surface area contributed by atoms with Gasteiger partial charge in [0.1, 0.15) is 17.3 Å². The van der Waals surface area contributed by atoms with E-state index in [0.717, 1.165) is 21.8 Å². The largest absolute Gasteiger partial charge is 0.465 e. The minimum absolute atomic E-state index is 0.642. The van der Waals surface area contributed by atoms with Crippen molar-refractivity contribution in [2.24, 2.45) is 0 Å². The number of anilines is 1.